The molecule has 0 amide bonds. The third kappa shape index (κ3) is 25.3. The van der Waals surface area contributed by atoms with Gasteiger partial charge in [-0.3, -0.25) is 4.79 Å². The molecule has 0 bridgehead atoms. The Morgan fingerprint density at radius 2 is 1.18 bits per heavy atom. The van der Waals surface area contributed by atoms with Crippen LogP contribution in [0.3, 0.4) is 0 Å². The minimum absolute atomic E-state index is 0.102. The van der Waals surface area contributed by atoms with E-state index in [1.807, 2.05) is 0 Å². The number of esters is 1. The molecule has 0 aromatic rings. The largest absolute Gasteiger partial charge is 0.457 e. The van der Waals surface area contributed by atoms with E-state index in [1.165, 1.54) is 32.1 Å². The average molecular weight is 719 g/mol. The molecule has 0 radical (unpaired) electrons. The van der Waals surface area contributed by atoms with E-state index in [2.05, 4.69) is 86.8 Å². The van der Waals surface area contributed by atoms with Crippen LogP contribution in [-0.4, -0.2) is 89.6 Å². The first-order valence-electron chi connectivity index (χ1n) is 19.5. The molecule has 51 heavy (non-hydrogen) atoms. The topological polar surface area (TPSA) is 135 Å². The van der Waals surface area contributed by atoms with Crippen LogP contribution in [0.4, 0.5) is 0 Å². The maximum atomic E-state index is 12.6. The molecule has 292 valence electrons. The van der Waals surface area contributed by atoms with Gasteiger partial charge in [0.2, 0.25) is 0 Å². The predicted molar refractivity (Wildman–Crippen MR) is 205 cm³/mol. The molecule has 1 aliphatic heterocycles. The van der Waals surface area contributed by atoms with Crippen molar-refractivity contribution in [2.45, 2.75) is 160 Å². The summed E-state index contributed by atoms with van der Waals surface area (Å²) in [4.78, 5) is 12.6. The number of carbonyl (C=O) groups is 1. The third-order valence-corrected chi connectivity index (χ3v) is 8.39. The summed E-state index contributed by atoms with van der Waals surface area (Å²) >= 11 is 0. The van der Waals surface area contributed by atoms with Crippen LogP contribution in [0.1, 0.15) is 123 Å². The van der Waals surface area contributed by atoms with Gasteiger partial charge in [-0.1, -0.05) is 132 Å². The zero-order valence-corrected chi connectivity index (χ0v) is 31.6. The van der Waals surface area contributed by atoms with Gasteiger partial charge in [0.25, 0.3) is 0 Å². The lowest BCUT2D eigenvalue weighted by molar-refractivity contribution is -0.305. The number of hydrogen-bond donors (Lipinski definition) is 4. The number of aliphatic hydroxyl groups is 4. The molecule has 1 aliphatic rings. The molecule has 1 fully saturated rings. The first-order chi connectivity index (χ1) is 24.9. The molecule has 0 saturated carbocycles. The second-order valence-corrected chi connectivity index (χ2v) is 13.0. The molecular weight excluding hydrogens is 648 g/mol. The number of unbranched alkanes of at least 4 members (excludes halogenated alkanes) is 8. The van der Waals surface area contributed by atoms with Crippen molar-refractivity contribution < 1.29 is 44.2 Å². The SMILES string of the molecule is CC/C=C\C/C=C\C/C=C\C/C=C\C/C=C\C/C=C\CCCOCC(COC1OC(CO)C(O)C(O)C1O)OC(=O)CCCCCCCCCC. The second kappa shape index (κ2) is 33.5. The van der Waals surface area contributed by atoms with Crippen molar-refractivity contribution in [3.8, 4) is 0 Å². The minimum atomic E-state index is -1.55. The minimum Gasteiger partial charge on any atom is -0.457 e. The maximum Gasteiger partial charge on any atom is 0.306 e. The van der Waals surface area contributed by atoms with E-state index in [-0.39, 0.29) is 19.2 Å². The van der Waals surface area contributed by atoms with Crippen molar-refractivity contribution in [1.82, 2.24) is 0 Å². The normalized spacial score (nSPS) is 22.2. The lowest BCUT2D eigenvalue weighted by Gasteiger charge is -2.39. The highest BCUT2D eigenvalue weighted by atomic mass is 16.7. The zero-order chi connectivity index (χ0) is 37.2. The second-order valence-electron chi connectivity index (χ2n) is 13.0. The summed E-state index contributed by atoms with van der Waals surface area (Å²) in [5, 5.41) is 39.9. The van der Waals surface area contributed by atoms with Crippen LogP contribution in [-0.2, 0) is 23.7 Å². The number of rotatable bonds is 31. The van der Waals surface area contributed by atoms with Crippen LogP contribution >= 0.6 is 0 Å². The summed E-state index contributed by atoms with van der Waals surface area (Å²) in [6.07, 6.45) is 35.2. The fourth-order valence-corrected chi connectivity index (χ4v) is 5.33. The zero-order valence-electron chi connectivity index (χ0n) is 31.6. The summed E-state index contributed by atoms with van der Waals surface area (Å²) in [5.74, 6) is -0.343. The number of ether oxygens (including phenoxy) is 4. The molecule has 6 atom stereocenters. The van der Waals surface area contributed by atoms with E-state index in [0.29, 0.717) is 13.0 Å². The molecule has 4 N–H and O–H groups in total. The van der Waals surface area contributed by atoms with Crippen LogP contribution in [0.2, 0.25) is 0 Å². The molecule has 1 heterocycles. The monoisotopic (exact) mass is 719 g/mol. The number of carbonyl (C=O) groups excluding carboxylic acids is 1. The van der Waals surface area contributed by atoms with Gasteiger partial charge in [-0.25, -0.2) is 0 Å². The number of hydrogen-bond acceptors (Lipinski definition) is 9. The molecular formula is C42H70O9. The molecule has 0 aliphatic carbocycles. The Kier molecular flexibility index (Phi) is 30.6. The first kappa shape index (κ1) is 46.7. The van der Waals surface area contributed by atoms with E-state index in [4.69, 9.17) is 18.9 Å². The Bertz CT molecular complexity index is 1000. The summed E-state index contributed by atoms with van der Waals surface area (Å²) in [6.45, 7) is 4.22. The summed E-state index contributed by atoms with van der Waals surface area (Å²) in [6, 6.07) is 0. The summed E-state index contributed by atoms with van der Waals surface area (Å²) in [7, 11) is 0. The molecule has 0 spiro atoms. The smallest absolute Gasteiger partial charge is 0.306 e. The van der Waals surface area contributed by atoms with Gasteiger partial charge in [-0.15, -0.1) is 0 Å². The van der Waals surface area contributed by atoms with Crippen LogP contribution in [0, 0.1) is 0 Å². The standard InChI is InChI=1S/C42H70O9/c1-3-5-7-9-11-13-14-15-16-17-18-19-20-21-22-23-24-26-28-30-32-48-34-36(50-38(44)31-29-27-25-12-10-8-6-4-2)35-49-42-41(47)40(46)39(45)37(33-43)51-42/h5,7,11,13,15-16,18-19,21-22,24,26,36-37,39-43,45-47H,3-4,6,8-10,12,14,17,20,23,25,27-35H2,1-2H3/b7-5-,13-11-,16-15-,19-18-,22-21-,26-24-. The molecule has 1 rings (SSSR count). The van der Waals surface area contributed by atoms with Crippen molar-refractivity contribution in [3.05, 3.63) is 72.9 Å². The van der Waals surface area contributed by atoms with Gasteiger partial charge in [-0.2, -0.15) is 0 Å². The van der Waals surface area contributed by atoms with Crippen molar-refractivity contribution in [1.29, 1.82) is 0 Å². The number of allylic oxidation sites excluding steroid dienone is 12. The summed E-state index contributed by atoms with van der Waals surface area (Å²) < 4.78 is 22.6. The lowest BCUT2D eigenvalue weighted by Crippen LogP contribution is -2.59. The summed E-state index contributed by atoms with van der Waals surface area (Å²) in [5.41, 5.74) is 0. The van der Waals surface area contributed by atoms with Crippen LogP contribution < -0.4 is 0 Å². The maximum absolute atomic E-state index is 12.6. The van der Waals surface area contributed by atoms with E-state index < -0.39 is 43.4 Å². The highest BCUT2D eigenvalue weighted by Gasteiger charge is 2.44. The fourth-order valence-electron chi connectivity index (χ4n) is 5.33. The van der Waals surface area contributed by atoms with Crippen LogP contribution in [0.15, 0.2) is 72.9 Å². The van der Waals surface area contributed by atoms with E-state index in [0.717, 1.165) is 70.6 Å². The van der Waals surface area contributed by atoms with E-state index in [1.54, 1.807) is 0 Å². The van der Waals surface area contributed by atoms with Crippen LogP contribution in [0.5, 0.6) is 0 Å². The van der Waals surface area contributed by atoms with Crippen molar-refractivity contribution in [2.75, 3.05) is 26.4 Å². The lowest BCUT2D eigenvalue weighted by atomic mass is 9.99. The van der Waals surface area contributed by atoms with Gasteiger partial charge in [0, 0.05) is 13.0 Å². The highest BCUT2D eigenvalue weighted by Crippen LogP contribution is 2.22. The van der Waals surface area contributed by atoms with Gasteiger partial charge >= 0.3 is 5.97 Å². The Labute approximate surface area is 308 Å². The number of aliphatic hydroxyl groups excluding tert-OH is 4. The molecule has 1 saturated heterocycles. The predicted octanol–water partition coefficient (Wildman–Crippen LogP) is 7.74. The van der Waals surface area contributed by atoms with Crippen molar-refractivity contribution in [2.24, 2.45) is 0 Å². The average Bonchev–Trinajstić information content (AvgIpc) is 3.13. The Morgan fingerprint density at radius 3 is 1.73 bits per heavy atom. The third-order valence-electron chi connectivity index (χ3n) is 8.39. The highest BCUT2D eigenvalue weighted by molar-refractivity contribution is 5.69. The Balaban J connectivity index is 2.34. The molecule has 9 nitrogen and oxygen atoms in total. The molecule has 9 heteroatoms. The van der Waals surface area contributed by atoms with Gasteiger partial charge in [0.15, 0.2) is 6.29 Å². The van der Waals surface area contributed by atoms with Gasteiger partial charge in [-0.05, 0) is 57.8 Å². The van der Waals surface area contributed by atoms with Crippen molar-refractivity contribution >= 4 is 5.97 Å². The molecule has 6 unspecified atom stereocenters. The van der Waals surface area contributed by atoms with Gasteiger partial charge in [0.1, 0.15) is 30.5 Å². The Morgan fingerprint density at radius 1 is 0.647 bits per heavy atom. The molecule has 0 aromatic carbocycles. The molecule has 0 aromatic heterocycles. The Hall–Kier alpha value is -2.37. The van der Waals surface area contributed by atoms with Crippen LogP contribution in [0.25, 0.3) is 0 Å². The fraction of sp³-hybridized carbons (Fsp3) is 0.690. The van der Waals surface area contributed by atoms with Gasteiger partial charge < -0.3 is 39.4 Å². The van der Waals surface area contributed by atoms with Gasteiger partial charge in [0.05, 0.1) is 19.8 Å². The first-order valence-corrected chi connectivity index (χ1v) is 19.5. The quantitative estimate of drug-likeness (QED) is 0.0323. The van der Waals surface area contributed by atoms with E-state index in [9.17, 15) is 25.2 Å². The van der Waals surface area contributed by atoms with E-state index >= 15 is 0 Å². The van der Waals surface area contributed by atoms with Crippen molar-refractivity contribution in [3.63, 3.8) is 0 Å².